The first-order valence-corrected chi connectivity index (χ1v) is 9.12. The van der Waals surface area contributed by atoms with Crippen molar-refractivity contribution >= 4 is 41.0 Å². The number of nitrogens with one attached hydrogen (secondary N) is 1. The smallest absolute Gasteiger partial charge is 0.251 e. The van der Waals surface area contributed by atoms with E-state index < -0.39 is 17.7 Å². The highest BCUT2D eigenvalue weighted by Gasteiger charge is 2.39. The number of carbonyl (C=O) groups excluding carboxylic acids is 2. The van der Waals surface area contributed by atoms with Crippen molar-refractivity contribution in [1.82, 2.24) is 5.32 Å². The van der Waals surface area contributed by atoms with Gasteiger partial charge in [-0.3, -0.25) is 19.5 Å². The van der Waals surface area contributed by atoms with E-state index in [-0.39, 0.29) is 17.2 Å². The largest absolute Gasteiger partial charge is 0.495 e. The maximum absolute atomic E-state index is 13.0. The Morgan fingerprint density at radius 3 is 2.77 bits per heavy atom. The van der Waals surface area contributed by atoms with E-state index in [1.807, 2.05) is 0 Å². The molecule has 1 aliphatic carbocycles. The van der Waals surface area contributed by atoms with E-state index in [2.05, 4.69) is 16.0 Å². The van der Waals surface area contributed by atoms with Gasteiger partial charge in [0.05, 0.1) is 12.8 Å². The summed E-state index contributed by atoms with van der Waals surface area (Å²) in [5, 5.41) is 2.64. The van der Waals surface area contributed by atoms with Crippen LogP contribution in [0.1, 0.15) is 25.7 Å². The van der Waals surface area contributed by atoms with Gasteiger partial charge >= 0.3 is 0 Å². The quantitative estimate of drug-likeness (QED) is 0.459. The van der Waals surface area contributed by atoms with Gasteiger partial charge in [0.15, 0.2) is 11.0 Å². The molecule has 0 aromatic heterocycles. The molecule has 1 saturated heterocycles. The summed E-state index contributed by atoms with van der Waals surface area (Å²) in [6.45, 7) is 0. The number of hydrogen-bond donors (Lipinski definition) is 2. The number of thiocarbonyl (C=S) groups is 1. The van der Waals surface area contributed by atoms with Crippen molar-refractivity contribution in [3.8, 4) is 5.75 Å². The Bertz CT molecular complexity index is 752. The van der Waals surface area contributed by atoms with Crippen LogP contribution in [0.3, 0.4) is 0 Å². The van der Waals surface area contributed by atoms with Crippen molar-refractivity contribution < 1.29 is 20.1 Å². The van der Waals surface area contributed by atoms with Crippen LogP contribution >= 0.6 is 12.2 Å². The second-order valence-corrected chi connectivity index (χ2v) is 6.91. The summed E-state index contributed by atoms with van der Waals surface area (Å²) in [7, 11) is 1.52. The van der Waals surface area contributed by atoms with Crippen LogP contribution in [0.25, 0.3) is 0 Å². The highest BCUT2D eigenvalue weighted by Crippen LogP contribution is 2.30. The van der Waals surface area contributed by atoms with Crippen LogP contribution in [0.4, 0.5) is 5.69 Å². The van der Waals surface area contributed by atoms with Gasteiger partial charge in [-0.1, -0.05) is 18.6 Å². The van der Waals surface area contributed by atoms with Gasteiger partial charge in [-0.25, -0.2) is 0 Å². The number of amides is 2. The average molecular weight is 375 g/mol. The molecule has 3 rings (SSSR count). The molecule has 0 spiro atoms. The number of quaternary nitrogens is 1. The fourth-order valence-electron chi connectivity index (χ4n) is 3.35. The van der Waals surface area contributed by atoms with Crippen LogP contribution in [0.2, 0.25) is 0 Å². The number of ether oxygens (including phenoxy) is 1. The molecule has 1 heterocycles. The van der Waals surface area contributed by atoms with Gasteiger partial charge in [-0.15, -0.1) is 0 Å². The lowest BCUT2D eigenvalue weighted by Gasteiger charge is -2.32. The molecule has 1 aromatic carbocycles. The zero-order valence-corrected chi connectivity index (χ0v) is 15.5. The Hall–Kier alpha value is -2.32. The molecule has 1 aromatic rings. The standard InChI is InChI=1S/C18H22N4O3S/c1-25-15-9-5-4-8-14(15)22-17(24)11(16(23)21-18(22)26)10-20-13-7-3-2-6-12(13)19/h4-5,8-13H,2-3,6-7,19H2,1H3,(H,21,23,26)/p+1/t11-,12+,13-/m0/s1. The number of hydrogen-bond acceptors (Lipinski definition) is 5. The third kappa shape index (κ3) is 3.61. The molecule has 3 atom stereocenters. The molecular formula is C18H23N4O3S+. The van der Waals surface area contributed by atoms with E-state index >= 15 is 0 Å². The molecule has 2 fully saturated rings. The Labute approximate surface area is 157 Å². The molecular weight excluding hydrogens is 352 g/mol. The maximum Gasteiger partial charge on any atom is 0.251 e. The van der Waals surface area contributed by atoms with Gasteiger partial charge in [-0.05, 0) is 37.2 Å². The van der Waals surface area contributed by atoms with Crippen LogP contribution < -0.4 is 20.7 Å². The summed E-state index contributed by atoms with van der Waals surface area (Å²) in [5.41, 5.74) is 4.63. The molecule has 1 saturated carbocycles. The number of rotatable bonds is 4. The number of anilines is 1. The van der Waals surface area contributed by atoms with Crippen molar-refractivity contribution in [3.63, 3.8) is 0 Å². The van der Waals surface area contributed by atoms with Gasteiger partial charge in [0.2, 0.25) is 5.91 Å². The number of carbonyl (C=O) groups is 2. The zero-order chi connectivity index (χ0) is 18.7. The first-order chi connectivity index (χ1) is 12.5. The van der Waals surface area contributed by atoms with Crippen molar-refractivity contribution in [2.24, 2.45) is 10.9 Å². The summed E-state index contributed by atoms with van der Waals surface area (Å²) in [6, 6.07) is 7.31. The topological polar surface area (TPSA) is 98.6 Å². The van der Waals surface area contributed by atoms with Crippen molar-refractivity contribution in [2.75, 3.05) is 12.0 Å². The SMILES string of the molecule is COc1ccccc1N1C(=O)[C@@H](C=N[C@H]2CCCC[C@H]2[NH3+])C(=O)NC1=S. The summed E-state index contributed by atoms with van der Waals surface area (Å²) in [6.07, 6.45) is 5.65. The summed E-state index contributed by atoms with van der Waals surface area (Å²) in [4.78, 5) is 31.1. The monoisotopic (exact) mass is 375 g/mol. The lowest BCUT2D eigenvalue weighted by atomic mass is 9.91. The molecule has 7 nitrogen and oxygen atoms in total. The van der Waals surface area contributed by atoms with E-state index in [0.717, 1.165) is 25.7 Å². The Morgan fingerprint density at radius 2 is 2.04 bits per heavy atom. The predicted molar refractivity (Wildman–Crippen MR) is 102 cm³/mol. The highest BCUT2D eigenvalue weighted by molar-refractivity contribution is 7.80. The van der Waals surface area contributed by atoms with Gasteiger partial charge in [0.1, 0.15) is 17.8 Å². The third-order valence-electron chi connectivity index (χ3n) is 4.82. The molecule has 26 heavy (non-hydrogen) atoms. The lowest BCUT2D eigenvalue weighted by Crippen LogP contribution is -2.66. The van der Waals surface area contributed by atoms with Crippen LogP contribution in [-0.4, -0.2) is 42.3 Å². The number of para-hydroxylation sites is 2. The van der Waals surface area contributed by atoms with E-state index in [9.17, 15) is 9.59 Å². The van der Waals surface area contributed by atoms with Crippen LogP contribution in [0.15, 0.2) is 29.3 Å². The van der Waals surface area contributed by atoms with E-state index in [1.165, 1.54) is 18.2 Å². The first kappa shape index (κ1) is 18.5. The molecule has 0 unspecified atom stereocenters. The second-order valence-electron chi connectivity index (χ2n) is 6.53. The Balaban J connectivity index is 1.86. The summed E-state index contributed by atoms with van der Waals surface area (Å²) < 4.78 is 5.32. The normalized spacial score (nSPS) is 26.9. The first-order valence-electron chi connectivity index (χ1n) is 8.71. The fourth-order valence-corrected chi connectivity index (χ4v) is 3.63. The van der Waals surface area contributed by atoms with Crippen molar-refractivity contribution in [1.29, 1.82) is 0 Å². The molecule has 4 N–H and O–H groups in total. The maximum atomic E-state index is 13.0. The van der Waals surface area contributed by atoms with Crippen LogP contribution in [-0.2, 0) is 9.59 Å². The molecule has 8 heteroatoms. The number of nitrogens with zero attached hydrogens (tertiary/aromatic N) is 2. The van der Waals surface area contributed by atoms with E-state index in [0.29, 0.717) is 11.4 Å². The fraction of sp³-hybridized carbons (Fsp3) is 0.444. The van der Waals surface area contributed by atoms with Gasteiger partial charge < -0.3 is 15.8 Å². The molecule has 2 aliphatic rings. The van der Waals surface area contributed by atoms with Gasteiger partial charge in [0.25, 0.3) is 5.91 Å². The molecule has 1 aliphatic heterocycles. The van der Waals surface area contributed by atoms with E-state index in [4.69, 9.17) is 17.0 Å². The molecule has 0 bridgehead atoms. The number of aliphatic imine (C=N–C) groups is 1. The minimum atomic E-state index is -1.01. The predicted octanol–water partition coefficient (Wildman–Crippen LogP) is 0.683. The minimum Gasteiger partial charge on any atom is -0.495 e. The molecule has 0 radical (unpaired) electrons. The average Bonchev–Trinajstić information content (AvgIpc) is 2.63. The van der Waals surface area contributed by atoms with Crippen molar-refractivity contribution in [3.05, 3.63) is 24.3 Å². The number of benzene rings is 1. The second kappa shape index (κ2) is 7.92. The van der Waals surface area contributed by atoms with Gasteiger partial charge in [0, 0.05) is 12.6 Å². The highest BCUT2D eigenvalue weighted by atomic mass is 32.1. The molecule has 2 amide bonds. The number of methoxy groups -OCH3 is 1. The van der Waals surface area contributed by atoms with Crippen LogP contribution in [0, 0.1) is 5.92 Å². The Morgan fingerprint density at radius 1 is 1.31 bits per heavy atom. The summed E-state index contributed by atoms with van der Waals surface area (Å²) >= 11 is 5.21. The Kier molecular flexibility index (Phi) is 5.63. The lowest BCUT2D eigenvalue weighted by molar-refractivity contribution is -0.428. The van der Waals surface area contributed by atoms with E-state index in [1.54, 1.807) is 24.3 Å². The minimum absolute atomic E-state index is 0.0434. The van der Waals surface area contributed by atoms with Crippen LogP contribution in [0.5, 0.6) is 5.75 Å². The van der Waals surface area contributed by atoms with Gasteiger partial charge in [-0.2, -0.15) is 0 Å². The molecule has 138 valence electrons. The third-order valence-corrected chi connectivity index (χ3v) is 5.11. The van der Waals surface area contributed by atoms with Crippen molar-refractivity contribution in [2.45, 2.75) is 37.8 Å². The zero-order valence-electron chi connectivity index (χ0n) is 14.7. The summed E-state index contributed by atoms with van der Waals surface area (Å²) in [5.74, 6) is -1.39.